The monoisotopic (exact) mass is 518 g/mol. The van der Waals surface area contributed by atoms with E-state index in [1.54, 1.807) is 6.07 Å². The van der Waals surface area contributed by atoms with Crippen LogP contribution >= 0.6 is 11.6 Å². The largest absolute Gasteiger partial charge is 0.489 e. The van der Waals surface area contributed by atoms with Crippen LogP contribution in [0.15, 0.2) is 66.7 Å². The van der Waals surface area contributed by atoms with Crippen molar-refractivity contribution in [2.75, 3.05) is 26.7 Å². The number of piperidine rings is 1. The number of halogens is 1. The Hall–Kier alpha value is -3.39. The van der Waals surface area contributed by atoms with Crippen molar-refractivity contribution in [1.29, 1.82) is 0 Å². The summed E-state index contributed by atoms with van der Waals surface area (Å²) in [5.41, 5.74) is 3.85. The standard InChI is InChI=1S/C29H31ClN4O3/c1-34-14-11-22(12-15-34)37-27-10-8-20(18-24(27)30)28-23-17-21(7-9-26(23)32-33-28)29(36)31-25(13-16-35)19-5-3-2-4-6-19/h2-10,17-18,22,25,35H,11-16H2,1H3,(H,31,36)(H,32,33). The van der Waals surface area contributed by atoms with Crippen LogP contribution in [0.1, 0.15) is 41.2 Å². The zero-order chi connectivity index (χ0) is 25.8. The van der Waals surface area contributed by atoms with Crippen LogP contribution in [0.3, 0.4) is 0 Å². The number of aliphatic hydroxyl groups is 1. The van der Waals surface area contributed by atoms with E-state index in [1.165, 1.54) is 0 Å². The summed E-state index contributed by atoms with van der Waals surface area (Å²) in [6.45, 7) is 2.01. The Kier molecular flexibility index (Phi) is 7.74. The van der Waals surface area contributed by atoms with Crippen molar-refractivity contribution >= 4 is 28.4 Å². The van der Waals surface area contributed by atoms with Gasteiger partial charge in [0.05, 0.1) is 22.3 Å². The van der Waals surface area contributed by atoms with Gasteiger partial charge in [0, 0.05) is 36.2 Å². The molecule has 1 atom stereocenters. The van der Waals surface area contributed by atoms with Crippen molar-refractivity contribution in [3.8, 4) is 17.0 Å². The molecule has 37 heavy (non-hydrogen) atoms. The third-order valence-corrected chi connectivity index (χ3v) is 7.21. The van der Waals surface area contributed by atoms with E-state index in [2.05, 4.69) is 27.5 Å². The average Bonchev–Trinajstić information content (AvgIpc) is 3.34. The first-order valence-electron chi connectivity index (χ1n) is 12.6. The maximum absolute atomic E-state index is 13.2. The van der Waals surface area contributed by atoms with Gasteiger partial charge in [0.25, 0.3) is 5.91 Å². The fourth-order valence-corrected chi connectivity index (χ4v) is 5.00. The van der Waals surface area contributed by atoms with Crippen LogP contribution in [-0.2, 0) is 0 Å². The fraction of sp³-hybridized carbons (Fsp3) is 0.310. The molecule has 1 saturated heterocycles. The molecular weight excluding hydrogens is 488 g/mol. The number of hydrogen-bond acceptors (Lipinski definition) is 5. The van der Waals surface area contributed by atoms with Gasteiger partial charge in [-0.15, -0.1) is 0 Å². The van der Waals surface area contributed by atoms with Gasteiger partial charge in [-0.05, 0) is 68.3 Å². The Labute approximate surface area is 221 Å². The minimum atomic E-state index is -0.283. The minimum Gasteiger partial charge on any atom is -0.489 e. The molecule has 3 aromatic carbocycles. The van der Waals surface area contributed by atoms with Gasteiger partial charge in [-0.2, -0.15) is 5.10 Å². The number of rotatable bonds is 8. The highest BCUT2D eigenvalue weighted by Gasteiger charge is 2.20. The summed E-state index contributed by atoms with van der Waals surface area (Å²) in [5.74, 6) is 0.465. The van der Waals surface area contributed by atoms with Crippen LogP contribution in [0, 0.1) is 0 Å². The Morgan fingerprint density at radius 2 is 1.95 bits per heavy atom. The lowest BCUT2D eigenvalue weighted by Crippen LogP contribution is -2.35. The summed E-state index contributed by atoms with van der Waals surface area (Å²) in [6, 6.07) is 20.5. The molecule has 2 heterocycles. The van der Waals surface area contributed by atoms with Gasteiger partial charge in [0.15, 0.2) is 0 Å². The minimum absolute atomic E-state index is 0.0248. The van der Waals surface area contributed by atoms with Gasteiger partial charge >= 0.3 is 0 Å². The number of likely N-dealkylation sites (tertiary alicyclic amines) is 1. The molecule has 3 N–H and O–H groups in total. The van der Waals surface area contributed by atoms with Gasteiger partial charge < -0.3 is 20.1 Å². The lowest BCUT2D eigenvalue weighted by Gasteiger charge is -2.29. The fourth-order valence-electron chi connectivity index (χ4n) is 4.78. The van der Waals surface area contributed by atoms with E-state index >= 15 is 0 Å². The summed E-state index contributed by atoms with van der Waals surface area (Å²) in [6.07, 6.45) is 2.55. The number of fused-ring (bicyclic) bond motifs is 1. The summed E-state index contributed by atoms with van der Waals surface area (Å²) >= 11 is 6.61. The zero-order valence-electron chi connectivity index (χ0n) is 20.8. The van der Waals surface area contributed by atoms with Crippen LogP contribution in [0.4, 0.5) is 0 Å². The zero-order valence-corrected chi connectivity index (χ0v) is 21.5. The van der Waals surface area contributed by atoms with E-state index in [9.17, 15) is 9.90 Å². The predicted molar refractivity (Wildman–Crippen MR) is 146 cm³/mol. The number of nitrogens with one attached hydrogen (secondary N) is 2. The predicted octanol–water partition coefficient (Wildman–Crippen LogP) is 5.21. The highest BCUT2D eigenvalue weighted by molar-refractivity contribution is 6.32. The molecule has 0 aliphatic carbocycles. The number of aromatic amines is 1. The van der Waals surface area contributed by atoms with Gasteiger partial charge in [-0.25, -0.2) is 0 Å². The second kappa shape index (κ2) is 11.3. The second-order valence-corrected chi connectivity index (χ2v) is 9.95. The van der Waals surface area contributed by atoms with E-state index in [1.807, 2.05) is 60.7 Å². The summed E-state index contributed by atoms with van der Waals surface area (Å²) in [7, 11) is 2.12. The second-order valence-electron chi connectivity index (χ2n) is 9.55. The SMILES string of the molecule is CN1CCC(Oc2ccc(-c3n[nH]c4ccc(C(=O)NC(CCO)c5ccccc5)cc34)cc2Cl)CC1. The van der Waals surface area contributed by atoms with Crippen molar-refractivity contribution in [3.63, 3.8) is 0 Å². The number of nitrogens with zero attached hydrogens (tertiary/aromatic N) is 2. The third kappa shape index (κ3) is 5.80. The molecule has 0 bridgehead atoms. The Balaban J connectivity index is 1.36. The number of carbonyl (C=O) groups is 1. The van der Waals surface area contributed by atoms with Crippen molar-refractivity contribution < 1.29 is 14.6 Å². The quantitative estimate of drug-likeness (QED) is 0.298. The summed E-state index contributed by atoms with van der Waals surface area (Å²) < 4.78 is 6.18. The average molecular weight is 519 g/mol. The molecule has 1 unspecified atom stereocenters. The number of carbonyl (C=O) groups excluding carboxylic acids is 1. The number of amides is 1. The molecule has 0 saturated carbocycles. The molecule has 4 aromatic rings. The first kappa shape index (κ1) is 25.3. The molecule has 1 aliphatic rings. The summed E-state index contributed by atoms with van der Waals surface area (Å²) in [5, 5.41) is 21.5. The van der Waals surface area contributed by atoms with E-state index in [-0.39, 0.29) is 24.7 Å². The molecule has 1 aromatic heterocycles. The molecule has 7 nitrogen and oxygen atoms in total. The third-order valence-electron chi connectivity index (χ3n) is 6.91. The maximum Gasteiger partial charge on any atom is 0.251 e. The van der Waals surface area contributed by atoms with E-state index in [0.29, 0.717) is 28.5 Å². The van der Waals surface area contributed by atoms with Crippen molar-refractivity contribution in [2.45, 2.75) is 31.4 Å². The van der Waals surface area contributed by atoms with Crippen LogP contribution in [-0.4, -0.2) is 59.0 Å². The molecule has 192 valence electrons. The molecule has 5 rings (SSSR count). The normalized spacial score (nSPS) is 15.5. The molecule has 1 aliphatic heterocycles. The molecule has 0 spiro atoms. The van der Waals surface area contributed by atoms with E-state index in [0.717, 1.165) is 48.0 Å². The first-order valence-corrected chi connectivity index (χ1v) is 13.0. The molecule has 1 fully saturated rings. The molecular formula is C29H31ClN4O3. The van der Waals surface area contributed by atoms with Crippen molar-refractivity contribution in [1.82, 2.24) is 20.4 Å². The Morgan fingerprint density at radius 3 is 2.68 bits per heavy atom. The van der Waals surface area contributed by atoms with Crippen LogP contribution < -0.4 is 10.1 Å². The Morgan fingerprint density at radius 1 is 1.16 bits per heavy atom. The van der Waals surface area contributed by atoms with Crippen LogP contribution in [0.2, 0.25) is 5.02 Å². The lowest BCUT2D eigenvalue weighted by atomic mass is 10.0. The maximum atomic E-state index is 13.2. The number of aliphatic hydroxyl groups excluding tert-OH is 1. The highest BCUT2D eigenvalue weighted by Crippen LogP contribution is 2.34. The number of ether oxygens (including phenoxy) is 1. The van der Waals surface area contributed by atoms with Crippen molar-refractivity contribution in [2.24, 2.45) is 0 Å². The topological polar surface area (TPSA) is 90.5 Å². The highest BCUT2D eigenvalue weighted by atomic mass is 35.5. The summed E-state index contributed by atoms with van der Waals surface area (Å²) in [4.78, 5) is 15.5. The number of aromatic nitrogens is 2. The van der Waals surface area contributed by atoms with E-state index in [4.69, 9.17) is 16.3 Å². The molecule has 0 radical (unpaired) electrons. The van der Waals surface area contributed by atoms with Crippen molar-refractivity contribution in [3.05, 3.63) is 82.9 Å². The lowest BCUT2D eigenvalue weighted by molar-refractivity contribution is 0.0930. The van der Waals surface area contributed by atoms with Gasteiger partial charge in [0.1, 0.15) is 11.9 Å². The van der Waals surface area contributed by atoms with Gasteiger partial charge in [0.2, 0.25) is 0 Å². The van der Waals surface area contributed by atoms with Gasteiger partial charge in [-0.3, -0.25) is 9.89 Å². The smallest absolute Gasteiger partial charge is 0.251 e. The number of benzene rings is 3. The van der Waals surface area contributed by atoms with Gasteiger partial charge in [-0.1, -0.05) is 41.9 Å². The number of H-pyrrole nitrogens is 1. The molecule has 8 heteroatoms. The first-order chi connectivity index (χ1) is 18.0. The van der Waals surface area contributed by atoms with Crippen LogP contribution in [0.5, 0.6) is 5.75 Å². The van der Waals surface area contributed by atoms with Crippen LogP contribution in [0.25, 0.3) is 22.2 Å². The molecule has 1 amide bonds. The Bertz CT molecular complexity index is 1370. The number of hydrogen-bond donors (Lipinski definition) is 3. The van der Waals surface area contributed by atoms with E-state index < -0.39 is 0 Å².